The number of hydrogen-bond acceptors (Lipinski definition) is 8. The Morgan fingerprint density at radius 3 is 2.73 bits per heavy atom. The minimum Gasteiger partial charge on any atom is -0.468 e. The molecule has 0 amide bonds. The summed E-state index contributed by atoms with van der Waals surface area (Å²) in [5, 5.41) is 13.8. The molecule has 3 atom stereocenters. The van der Waals surface area contributed by atoms with Gasteiger partial charge in [-0.2, -0.15) is 0 Å². The molecular weight excluding hydrogens is 472 g/mol. The van der Waals surface area contributed by atoms with Gasteiger partial charge < -0.3 is 18.9 Å². The molecule has 2 aliphatic rings. The third-order valence-electron chi connectivity index (χ3n) is 7.29. The molecule has 0 spiro atoms. The molecule has 2 aliphatic heterocycles. The fraction of sp³-hybridized carbons (Fsp3) is 0.481. The molecule has 37 heavy (non-hydrogen) atoms. The van der Waals surface area contributed by atoms with Gasteiger partial charge in [0, 0.05) is 30.8 Å². The molecule has 4 aromatic rings. The SMILES string of the molecule is Cc1ccc2[nH]c(=O)c(C(c3nnnn3CC3CCCO3)N(Cc3ccco3)CC3CCCO3)cc2c1. The van der Waals surface area contributed by atoms with E-state index in [0.29, 0.717) is 31.0 Å². The van der Waals surface area contributed by atoms with Gasteiger partial charge in [-0.1, -0.05) is 11.6 Å². The summed E-state index contributed by atoms with van der Waals surface area (Å²) >= 11 is 0. The lowest BCUT2D eigenvalue weighted by molar-refractivity contribution is 0.0528. The Morgan fingerprint density at radius 1 is 1.14 bits per heavy atom. The highest BCUT2D eigenvalue weighted by molar-refractivity contribution is 5.79. The number of tetrazole rings is 1. The molecule has 6 rings (SSSR count). The van der Waals surface area contributed by atoms with Crippen LogP contribution in [0.2, 0.25) is 0 Å². The van der Waals surface area contributed by atoms with E-state index in [1.54, 1.807) is 10.9 Å². The van der Waals surface area contributed by atoms with Crippen molar-refractivity contribution in [1.82, 2.24) is 30.1 Å². The molecule has 10 heteroatoms. The van der Waals surface area contributed by atoms with Gasteiger partial charge in [0.05, 0.1) is 31.6 Å². The van der Waals surface area contributed by atoms with Gasteiger partial charge in [0.25, 0.3) is 5.56 Å². The Bertz CT molecular complexity index is 1390. The van der Waals surface area contributed by atoms with Gasteiger partial charge in [-0.05, 0) is 78.8 Å². The van der Waals surface area contributed by atoms with Gasteiger partial charge in [0.1, 0.15) is 11.8 Å². The van der Waals surface area contributed by atoms with Crippen LogP contribution >= 0.6 is 0 Å². The number of benzene rings is 1. The van der Waals surface area contributed by atoms with Crippen molar-refractivity contribution in [2.24, 2.45) is 0 Å². The molecule has 2 saturated heterocycles. The fourth-order valence-corrected chi connectivity index (χ4v) is 5.48. The minimum atomic E-state index is -0.514. The van der Waals surface area contributed by atoms with E-state index in [1.165, 1.54) is 0 Å². The molecule has 194 valence electrons. The van der Waals surface area contributed by atoms with Crippen molar-refractivity contribution >= 4 is 10.9 Å². The minimum absolute atomic E-state index is 0.0529. The van der Waals surface area contributed by atoms with Crippen LogP contribution in [0.25, 0.3) is 10.9 Å². The Balaban J connectivity index is 1.47. The second-order valence-corrected chi connectivity index (χ2v) is 10.0. The summed E-state index contributed by atoms with van der Waals surface area (Å²) in [5.74, 6) is 1.41. The number of aromatic amines is 1. The number of H-pyrrole nitrogens is 1. The lowest BCUT2D eigenvalue weighted by atomic mass is 10.0. The summed E-state index contributed by atoms with van der Waals surface area (Å²) in [6.45, 7) is 5.18. The van der Waals surface area contributed by atoms with E-state index in [9.17, 15) is 4.79 Å². The van der Waals surface area contributed by atoms with Crippen LogP contribution in [-0.2, 0) is 22.6 Å². The Kier molecular flexibility index (Phi) is 6.86. The van der Waals surface area contributed by atoms with E-state index in [-0.39, 0.29) is 17.8 Å². The van der Waals surface area contributed by atoms with E-state index >= 15 is 0 Å². The summed E-state index contributed by atoms with van der Waals surface area (Å²) in [6, 6.07) is 11.3. The maximum Gasteiger partial charge on any atom is 0.253 e. The van der Waals surface area contributed by atoms with Crippen LogP contribution in [0.3, 0.4) is 0 Å². The largest absolute Gasteiger partial charge is 0.468 e. The van der Waals surface area contributed by atoms with Crippen LogP contribution in [0.5, 0.6) is 0 Å². The first-order valence-corrected chi connectivity index (χ1v) is 13.0. The maximum atomic E-state index is 13.6. The highest BCUT2D eigenvalue weighted by atomic mass is 16.5. The summed E-state index contributed by atoms with van der Waals surface area (Å²) in [7, 11) is 0. The zero-order chi connectivity index (χ0) is 25.2. The molecule has 0 radical (unpaired) electrons. The Labute approximate surface area is 214 Å². The highest BCUT2D eigenvalue weighted by Gasteiger charge is 2.34. The average Bonchev–Trinajstić information content (AvgIpc) is 3.70. The topological polar surface area (TPSA) is 111 Å². The summed E-state index contributed by atoms with van der Waals surface area (Å²) in [6.07, 6.45) is 5.76. The van der Waals surface area contributed by atoms with Crippen LogP contribution < -0.4 is 5.56 Å². The fourth-order valence-electron chi connectivity index (χ4n) is 5.48. The smallest absolute Gasteiger partial charge is 0.253 e. The summed E-state index contributed by atoms with van der Waals surface area (Å²) in [4.78, 5) is 18.9. The van der Waals surface area contributed by atoms with Crippen molar-refractivity contribution in [2.45, 2.75) is 63.9 Å². The Morgan fingerprint density at radius 2 is 1.97 bits per heavy atom. The molecule has 0 saturated carbocycles. The summed E-state index contributed by atoms with van der Waals surface area (Å²) < 4.78 is 19.4. The first-order chi connectivity index (χ1) is 18.1. The average molecular weight is 505 g/mol. The Hall–Kier alpha value is -3.34. The van der Waals surface area contributed by atoms with Crippen LogP contribution in [0.15, 0.2) is 51.9 Å². The monoisotopic (exact) mass is 504 g/mol. The second-order valence-electron chi connectivity index (χ2n) is 10.0. The number of nitrogens with zero attached hydrogens (tertiary/aromatic N) is 5. The van der Waals surface area contributed by atoms with Crippen molar-refractivity contribution in [3.8, 4) is 0 Å². The molecule has 3 aromatic heterocycles. The van der Waals surface area contributed by atoms with E-state index in [4.69, 9.17) is 13.9 Å². The first-order valence-electron chi connectivity index (χ1n) is 13.0. The maximum absolute atomic E-state index is 13.6. The predicted octanol–water partition coefficient (Wildman–Crippen LogP) is 3.37. The van der Waals surface area contributed by atoms with Gasteiger partial charge in [0.2, 0.25) is 0 Å². The number of pyridine rings is 1. The van der Waals surface area contributed by atoms with Crippen molar-refractivity contribution in [2.75, 3.05) is 19.8 Å². The number of hydrogen-bond donors (Lipinski definition) is 1. The standard InChI is InChI=1S/C27H32N6O4/c1-18-8-9-24-19(13-18)14-23(27(34)28-24)25(26-29-30-31-33(26)17-22-7-4-12-37-22)32(15-20-5-2-10-35-20)16-21-6-3-11-36-21/h2,5,8-10,13-14,21-22,25H,3-4,6-7,11-12,15-17H2,1H3,(H,28,34). The number of fused-ring (bicyclic) bond motifs is 1. The van der Waals surface area contributed by atoms with Crippen LogP contribution in [-0.4, -0.2) is 62.1 Å². The number of ether oxygens (including phenoxy) is 2. The zero-order valence-electron chi connectivity index (χ0n) is 21.0. The second kappa shape index (κ2) is 10.6. The van der Waals surface area contributed by atoms with E-state index in [0.717, 1.165) is 61.1 Å². The van der Waals surface area contributed by atoms with Gasteiger partial charge >= 0.3 is 0 Å². The van der Waals surface area contributed by atoms with Crippen LogP contribution in [0.4, 0.5) is 0 Å². The number of furan rings is 1. The number of aromatic nitrogens is 5. The van der Waals surface area contributed by atoms with E-state index in [1.807, 2.05) is 37.3 Å². The van der Waals surface area contributed by atoms with Crippen molar-refractivity contribution < 1.29 is 13.9 Å². The molecule has 1 aromatic carbocycles. The van der Waals surface area contributed by atoms with Gasteiger partial charge in [-0.15, -0.1) is 5.10 Å². The van der Waals surface area contributed by atoms with E-state index in [2.05, 4.69) is 31.5 Å². The lowest BCUT2D eigenvalue weighted by Gasteiger charge is -2.32. The molecule has 10 nitrogen and oxygen atoms in total. The molecule has 5 heterocycles. The third kappa shape index (κ3) is 5.22. The number of aryl methyl sites for hydroxylation is 1. The van der Waals surface area contributed by atoms with Crippen molar-refractivity contribution in [1.29, 1.82) is 0 Å². The van der Waals surface area contributed by atoms with Gasteiger partial charge in [0.15, 0.2) is 5.82 Å². The van der Waals surface area contributed by atoms with Crippen molar-refractivity contribution in [3.05, 3.63) is 75.7 Å². The van der Waals surface area contributed by atoms with Crippen LogP contribution in [0.1, 0.15) is 54.4 Å². The van der Waals surface area contributed by atoms with Gasteiger partial charge in [-0.25, -0.2) is 4.68 Å². The highest BCUT2D eigenvalue weighted by Crippen LogP contribution is 2.31. The van der Waals surface area contributed by atoms with Crippen LogP contribution in [0, 0.1) is 6.92 Å². The number of nitrogens with one attached hydrogen (secondary N) is 1. The number of rotatable bonds is 9. The molecule has 1 N–H and O–H groups in total. The molecule has 0 bridgehead atoms. The normalized spacial score (nSPS) is 20.8. The van der Waals surface area contributed by atoms with Gasteiger partial charge in [-0.3, -0.25) is 9.69 Å². The quantitative estimate of drug-likeness (QED) is 0.369. The molecular formula is C27H32N6O4. The van der Waals surface area contributed by atoms with E-state index < -0.39 is 6.04 Å². The van der Waals surface area contributed by atoms with Crippen molar-refractivity contribution in [3.63, 3.8) is 0 Å². The summed E-state index contributed by atoms with van der Waals surface area (Å²) in [5.41, 5.74) is 2.35. The third-order valence-corrected chi connectivity index (χ3v) is 7.29. The molecule has 0 aliphatic carbocycles. The predicted molar refractivity (Wildman–Crippen MR) is 136 cm³/mol. The first kappa shape index (κ1) is 24.0. The zero-order valence-corrected chi connectivity index (χ0v) is 21.0. The molecule has 3 unspecified atom stereocenters. The lowest BCUT2D eigenvalue weighted by Crippen LogP contribution is -2.39. The molecule has 2 fully saturated rings.